The van der Waals surface area contributed by atoms with Crippen LogP contribution < -0.4 is 0 Å². The van der Waals surface area contributed by atoms with Gasteiger partial charge in [0.15, 0.2) is 6.10 Å². The van der Waals surface area contributed by atoms with Crippen molar-refractivity contribution in [2.75, 3.05) is 13.2 Å². The molecule has 1 aromatic rings. The van der Waals surface area contributed by atoms with Crippen LogP contribution in [0.1, 0.15) is 25.5 Å². The van der Waals surface area contributed by atoms with Gasteiger partial charge < -0.3 is 24.8 Å². The van der Waals surface area contributed by atoms with E-state index in [4.69, 9.17) is 9.47 Å². The zero-order valence-corrected chi connectivity index (χ0v) is 9.96. The lowest BCUT2D eigenvalue weighted by Crippen LogP contribution is -2.42. The third-order valence-electron chi connectivity index (χ3n) is 2.23. The van der Waals surface area contributed by atoms with Crippen LogP contribution >= 0.6 is 0 Å². The van der Waals surface area contributed by atoms with Crippen LogP contribution in [-0.4, -0.2) is 34.5 Å². The molecule has 0 heterocycles. The Balaban J connectivity index is 2.94. The quantitative estimate of drug-likeness (QED) is 0.652. The summed E-state index contributed by atoms with van der Waals surface area (Å²) in [6.07, 6.45) is -1.39. The van der Waals surface area contributed by atoms with E-state index in [-0.39, 0.29) is 19.0 Å². The van der Waals surface area contributed by atoms with Gasteiger partial charge in [0.05, 0.1) is 0 Å². The molecule has 0 amide bonds. The molecule has 0 aliphatic rings. The molecule has 0 saturated heterocycles. The van der Waals surface area contributed by atoms with Gasteiger partial charge >= 0.3 is 5.97 Å². The van der Waals surface area contributed by atoms with Crippen molar-refractivity contribution in [3.05, 3.63) is 29.8 Å². The minimum atomic E-state index is -2.10. The second kappa shape index (κ2) is 5.97. The lowest BCUT2D eigenvalue weighted by molar-refractivity contribution is -0.396. The van der Waals surface area contributed by atoms with Crippen molar-refractivity contribution in [3.8, 4) is 5.75 Å². The van der Waals surface area contributed by atoms with E-state index in [2.05, 4.69) is 0 Å². The second-order valence-corrected chi connectivity index (χ2v) is 3.49. The maximum Gasteiger partial charge on any atom is 0.312 e. The third-order valence-corrected chi connectivity index (χ3v) is 2.23. The number of aliphatic hydroxyl groups excluding tert-OH is 1. The minimum Gasteiger partial charge on any atom is -0.508 e. The van der Waals surface area contributed by atoms with Crippen LogP contribution in [-0.2, 0) is 9.47 Å². The van der Waals surface area contributed by atoms with Gasteiger partial charge in [-0.1, -0.05) is 12.1 Å². The van der Waals surface area contributed by atoms with Gasteiger partial charge in [0, 0.05) is 13.2 Å². The van der Waals surface area contributed by atoms with E-state index >= 15 is 0 Å². The number of aliphatic hydroxyl groups is 2. The topological polar surface area (TPSA) is 79.2 Å². The van der Waals surface area contributed by atoms with E-state index in [9.17, 15) is 15.3 Å². The van der Waals surface area contributed by atoms with E-state index < -0.39 is 12.1 Å². The first kappa shape index (κ1) is 13.9. The van der Waals surface area contributed by atoms with Crippen LogP contribution in [0.2, 0.25) is 0 Å². The van der Waals surface area contributed by atoms with E-state index in [1.165, 1.54) is 12.1 Å². The summed E-state index contributed by atoms with van der Waals surface area (Å²) < 4.78 is 10.1. The van der Waals surface area contributed by atoms with Crippen molar-refractivity contribution < 1.29 is 24.8 Å². The van der Waals surface area contributed by atoms with Crippen molar-refractivity contribution in [1.29, 1.82) is 0 Å². The molecule has 5 nitrogen and oxygen atoms in total. The highest BCUT2D eigenvalue weighted by atomic mass is 16.8. The molecule has 1 rings (SSSR count). The largest absolute Gasteiger partial charge is 0.508 e. The second-order valence-electron chi connectivity index (χ2n) is 3.49. The highest BCUT2D eigenvalue weighted by Gasteiger charge is 2.39. The average Bonchev–Trinajstić information content (AvgIpc) is 2.28. The van der Waals surface area contributed by atoms with Crippen LogP contribution in [0, 0.1) is 0 Å². The predicted molar refractivity (Wildman–Crippen MR) is 61.3 cm³/mol. The predicted octanol–water partition coefficient (Wildman–Crippen LogP) is 1.14. The molecule has 1 atom stereocenters. The molecule has 0 saturated carbocycles. The van der Waals surface area contributed by atoms with E-state index in [0.717, 1.165) is 0 Å². The van der Waals surface area contributed by atoms with Gasteiger partial charge in [0.25, 0.3) is 0 Å². The van der Waals surface area contributed by atoms with E-state index in [0.29, 0.717) is 5.56 Å². The summed E-state index contributed by atoms with van der Waals surface area (Å²) >= 11 is 0. The molecule has 0 spiro atoms. The number of rotatable bonds is 6. The molecule has 0 fully saturated rings. The number of phenols is 1. The van der Waals surface area contributed by atoms with E-state index in [1.807, 2.05) is 0 Å². The maximum absolute atomic E-state index is 10.0. The molecule has 1 aromatic carbocycles. The zero-order chi connectivity index (χ0) is 12.9. The van der Waals surface area contributed by atoms with Crippen molar-refractivity contribution in [3.63, 3.8) is 0 Å². The minimum absolute atomic E-state index is 0.00287. The molecular weight excluding hydrogens is 224 g/mol. The Morgan fingerprint density at radius 2 is 1.82 bits per heavy atom. The number of hydrogen-bond donors (Lipinski definition) is 3. The molecule has 3 N–H and O–H groups in total. The van der Waals surface area contributed by atoms with Gasteiger partial charge in [0.1, 0.15) is 5.75 Å². The van der Waals surface area contributed by atoms with Gasteiger partial charge in [-0.05, 0) is 31.5 Å². The Morgan fingerprint density at radius 3 is 2.29 bits per heavy atom. The molecule has 0 aliphatic carbocycles. The van der Waals surface area contributed by atoms with E-state index in [1.54, 1.807) is 26.0 Å². The summed E-state index contributed by atoms with van der Waals surface area (Å²) in [6.45, 7) is 3.73. The first-order chi connectivity index (χ1) is 8.03. The fourth-order valence-corrected chi connectivity index (χ4v) is 1.52. The lowest BCUT2D eigenvalue weighted by Gasteiger charge is -2.31. The molecule has 0 aromatic heterocycles. The van der Waals surface area contributed by atoms with Crippen LogP contribution in [0.15, 0.2) is 24.3 Å². The Kier molecular flexibility index (Phi) is 4.89. The highest BCUT2D eigenvalue weighted by Crippen LogP contribution is 2.30. The van der Waals surface area contributed by atoms with Gasteiger partial charge in [0.2, 0.25) is 0 Å². The molecule has 0 bridgehead atoms. The summed E-state index contributed by atoms with van der Waals surface area (Å²) in [7, 11) is 0. The number of aromatic hydroxyl groups is 1. The normalized spacial score (nSPS) is 13.6. The Morgan fingerprint density at radius 1 is 1.24 bits per heavy atom. The first-order valence-electron chi connectivity index (χ1n) is 5.50. The highest BCUT2D eigenvalue weighted by molar-refractivity contribution is 5.29. The fraction of sp³-hybridized carbons (Fsp3) is 0.500. The molecule has 17 heavy (non-hydrogen) atoms. The monoisotopic (exact) mass is 242 g/mol. The summed E-state index contributed by atoms with van der Waals surface area (Å²) in [5.74, 6) is -2.10. The number of ether oxygens (including phenoxy) is 2. The zero-order valence-electron chi connectivity index (χ0n) is 9.96. The summed E-state index contributed by atoms with van der Waals surface area (Å²) in [4.78, 5) is 0. The van der Waals surface area contributed by atoms with Crippen molar-refractivity contribution in [2.24, 2.45) is 0 Å². The Bertz CT molecular complexity index is 347. The van der Waals surface area contributed by atoms with Crippen LogP contribution in [0.5, 0.6) is 5.75 Å². The molecule has 1 unspecified atom stereocenters. The number of hydrogen-bond acceptors (Lipinski definition) is 5. The molecule has 0 radical (unpaired) electrons. The summed E-state index contributed by atoms with van der Waals surface area (Å²) in [6, 6.07) is 5.93. The van der Waals surface area contributed by atoms with Gasteiger partial charge in [-0.15, -0.1) is 0 Å². The van der Waals surface area contributed by atoms with Crippen LogP contribution in [0.4, 0.5) is 0 Å². The van der Waals surface area contributed by atoms with Crippen LogP contribution in [0.25, 0.3) is 0 Å². The number of phenolic OH excluding ortho intramolecular Hbond substituents is 1. The fourth-order valence-electron chi connectivity index (χ4n) is 1.52. The van der Waals surface area contributed by atoms with Gasteiger partial charge in [-0.25, -0.2) is 0 Å². The first-order valence-corrected chi connectivity index (χ1v) is 5.50. The average molecular weight is 242 g/mol. The lowest BCUT2D eigenvalue weighted by atomic mass is 10.1. The molecular formula is C12H18O5. The summed E-state index contributed by atoms with van der Waals surface area (Å²) in [5, 5.41) is 29.4. The maximum atomic E-state index is 10.0. The Labute approximate surface area is 100 Å². The number of benzene rings is 1. The third kappa shape index (κ3) is 3.41. The standard InChI is InChI=1S/C12H18O5/c1-3-16-12(15,17-4-2)11(14)9-6-5-7-10(13)8-9/h5-8,11,13-15H,3-4H2,1-2H3. The Hall–Kier alpha value is -1.14. The van der Waals surface area contributed by atoms with Crippen molar-refractivity contribution in [1.82, 2.24) is 0 Å². The molecule has 5 heteroatoms. The molecule has 96 valence electrons. The summed E-state index contributed by atoms with van der Waals surface area (Å²) in [5.41, 5.74) is 0.314. The molecule has 0 aliphatic heterocycles. The van der Waals surface area contributed by atoms with Crippen molar-refractivity contribution in [2.45, 2.75) is 25.9 Å². The smallest absolute Gasteiger partial charge is 0.312 e. The van der Waals surface area contributed by atoms with Crippen LogP contribution in [0.3, 0.4) is 0 Å². The van der Waals surface area contributed by atoms with Crippen molar-refractivity contribution >= 4 is 0 Å². The SMILES string of the molecule is CCOC(O)(OCC)C(O)c1cccc(O)c1. The van der Waals surface area contributed by atoms with Gasteiger partial charge in [-0.3, -0.25) is 0 Å². The van der Waals surface area contributed by atoms with Gasteiger partial charge in [-0.2, -0.15) is 0 Å².